The quantitative estimate of drug-likeness (QED) is 0.665. The van der Waals surface area contributed by atoms with Gasteiger partial charge in [0.1, 0.15) is 0 Å². The number of fused-ring (bicyclic) bond motifs is 1. The summed E-state index contributed by atoms with van der Waals surface area (Å²) in [5, 5.41) is 18.3. The number of anilines is 1. The highest BCUT2D eigenvalue weighted by atomic mass is 32.1. The van der Waals surface area contributed by atoms with E-state index in [9.17, 15) is 10.1 Å². The van der Waals surface area contributed by atoms with E-state index in [-0.39, 0.29) is 5.69 Å². The van der Waals surface area contributed by atoms with Gasteiger partial charge in [0.05, 0.1) is 15.1 Å². The van der Waals surface area contributed by atoms with Gasteiger partial charge in [0.25, 0.3) is 5.69 Å². The summed E-state index contributed by atoms with van der Waals surface area (Å²) >= 11 is 1.54. The molecule has 0 saturated carbocycles. The molecule has 1 saturated heterocycles. The molecule has 1 fully saturated rings. The number of hydrogen-bond donors (Lipinski definition) is 2. The van der Waals surface area contributed by atoms with E-state index in [2.05, 4.69) is 15.6 Å². The molecule has 100 valence electrons. The molecule has 0 unspecified atom stereocenters. The minimum absolute atomic E-state index is 0.0867. The molecule has 0 bridgehead atoms. The normalized spacial score (nSPS) is 19.5. The van der Waals surface area contributed by atoms with Gasteiger partial charge in [0, 0.05) is 24.7 Å². The largest absolute Gasteiger partial charge is 0.357 e. The van der Waals surface area contributed by atoms with Crippen molar-refractivity contribution in [3.63, 3.8) is 0 Å². The Labute approximate surface area is 114 Å². The summed E-state index contributed by atoms with van der Waals surface area (Å²) in [6.07, 6.45) is 2.29. The van der Waals surface area contributed by atoms with E-state index in [4.69, 9.17) is 0 Å². The Hall–Kier alpha value is -1.73. The van der Waals surface area contributed by atoms with Crippen LogP contribution < -0.4 is 10.6 Å². The van der Waals surface area contributed by atoms with Crippen LogP contribution >= 0.6 is 11.3 Å². The zero-order valence-corrected chi connectivity index (χ0v) is 11.1. The van der Waals surface area contributed by atoms with Gasteiger partial charge >= 0.3 is 0 Å². The summed E-state index contributed by atoms with van der Waals surface area (Å²) in [6, 6.07) is 5.20. The van der Waals surface area contributed by atoms with E-state index in [1.165, 1.54) is 23.5 Å². The molecule has 0 aliphatic carbocycles. The molecule has 6 nitrogen and oxygen atoms in total. The highest BCUT2D eigenvalue weighted by molar-refractivity contribution is 7.22. The molecule has 1 aromatic carbocycles. The third-order valence-electron chi connectivity index (χ3n) is 3.21. The number of non-ortho nitro benzene ring substituents is 1. The third kappa shape index (κ3) is 2.66. The van der Waals surface area contributed by atoms with Crippen LogP contribution in [0.5, 0.6) is 0 Å². The first-order valence-corrected chi connectivity index (χ1v) is 7.06. The Morgan fingerprint density at radius 2 is 2.42 bits per heavy atom. The molecular weight excluding hydrogens is 264 g/mol. The highest BCUT2D eigenvalue weighted by Gasteiger charge is 2.15. The minimum Gasteiger partial charge on any atom is -0.357 e. The molecule has 1 aromatic heterocycles. The molecule has 0 spiro atoms. The topological polar surface area (TPSA) is 80.1 Å². The van der Waals surface area contributed by atoms with Gasteiger partial charge in [-0.25, -0.2) is 4.98 Å². The molecule has 3 rings (SSSR count). The van der Waals surface area contributed by atoms with Crippen molar-refractivity contribution in [2.75, 3.05) is 18.4 Å². The lowest BCUT2D eigenvalue weighted by Crippen LogP contribution is -2.38. The van der Waals surface area contributed by atoms with Crippen molar-refractivity contribution in [1.29, 1.82) is 0 Å². The fraction of sp³-hybridized carbons (Fsp3) is 0.417. The van der Waals surface area contributed by atoms with Crippen LogP contribution in [0.2, 0.25) is 0 Å². The summed E-state index contributed by atoms with van der Waals surface area (Å²) in [5.41, 5.74) is 0.772. The van der Waals surface area contributed by atoms with E-state index < -0.39 is 4.92 Å². The van der Waals surface area contributed by atoms with E-state index in [0.29, 0.717) is 11.6 Å². The van der Waals surface area contributed by atoms with Crippen LogP contribution in [-0.2, 0) is 0 Å². The third-order valence-corrected chi connectivity index (χ3v) is 4.17. The standard InChI is InChI=1S/C12H14N4O2S/c17-16(18)9-3-4-11-10(6-9)15-12(19-11)14-8-2-1-5-13-7-8/h3-4,6,8,13H,1-2,5,7H2,(H,14,15)/t8-/m1/s1. The van der Waals surface area contributed by atoms with Crippen molar-refractivity contribution in [3.8, 4) is 0 Å². The number of nitrogens with zero attached hydrogens (tertiary/aromatic N) is 2. The van der Waals surface area contributed by atoms with Crippen LogP contribution in [-0.4, -0.2) is 29.0 Å². The first-order chi connectivity index (χ1) is 9.22. The van der Waals surface area contributed by atoms with Gasteiger partial charge in [-0.2, -0.15) is 0 Å². The van der Waals surface area contributed by atoms with Gasteiger partial charge in [-0.1, -0.05) is 11.3 Å². The van der Waals surface area contributed by atoms with E-state index in [1.54, 1.807) is 6.07 Å². The van der Waals surface area contributed by atoms with Gasteiger partial charge in [0.15, 0.2) is 5.13 Å². The maximum absolute atomic E-state index is 10.7. The van der Waals surface area contributed by atoms with Crippen molar-refractivity contribution in [2.24, 2.45) is 0 Å². The second-order valence-electron chi connectivity index (χ2n) is 4.62. The number of hydrogen-bond acceptors (Lipinski definition) is 6. The van der Waals surface area contributed by atoms with Gasteiger partial charge in [-0.15, -0.1) is 0 Å². The first kappa shape index (κ1) is 12.3. The number of nitro benzene ring substituents is 1. The number of aromatic nitrogens is 1. The molecule has 2 aromatic rings. The molecule has 19 heavy (non-hydrogen) atoms. The Kier molecular flexibility index (Phi) is 3.31. The second kappa shape index (κ2) is 5.10. The molecule has 1 atom stereocenters. The average Bonchev–Trinajstić information content (AvgIpc) is 2.80. The fourth-order valence-corrected chi connectivity index (χ4v) is 3.16. The number of piperidine rings is 1. The van der Waals surface area contributed by atoms with Crippen LogP contribution in [0.4, 0.5) is 10.8 Å². The highest BCUT2D eigenvalue weighted by Crippen LogP contribution is 2.29. The lowest BCUT2D eigenvalue weighted by Gasteiger charge is -2.23. The van der Waals surface area contributed by atoms with E-state index >= 15 is 0 Å². The van der Waals surface area contributed by atoms with Crippen LogP contribution in [0.3, 0.4) is 0 Å². The van der Waals surface area contributed by atoms with Gasteiger partial charge < -0.3 is 10.6 Å². The molecule has 1 aliphatic rings. The Morgan fingerprint density at radius 1 is 1.53 bits per heavy atom. The van der Waals surface area contributed by atoms with Gasteiger partial charge in [0.2, 0.25) is 0 Å². The average molecular weight is 278 g/mol. The van der Waals surface area contributed by atoms with E-state index in [1.807, 2.05) is 0 Å². The molecular formula is C12H14N4O2S. The lowest BCUT2D eigenvalue weighted by atomic mass is 10.1. The SMILES string of the molecule is O=[N+]([O-])c1ccc2sc(N[C@@H]3CCCNC3)nc2c1. The van der Waals surface area contributed by atoms with Crippen molar-refractivity contribution in [2.45, 2.75) is 18.9 Å². The summed E-state index contributed by atoms with van der Waals surface area (Å²) < 4.78 is 0.969. The zero-order valence-electron chi connectivity index (χ0n) is 10.3. The number of nitro groups is 1. The molecule has 7 heteroatoms. The van der Waals surface area contributed by atoms with Crippen molar-refractivity contribution >= 4 is 32.4 Å². The van der Waals surface area contributed by atoms with E-state index in [0.717, 1.165) is 35.8 Å². The summed E-state index contributed by atoms with van der Waals surface area (Å²) in [7, 11) is 0. The molecule has 1 aliphatic heterocycles. The number of benzene rings is 1. The fourth-order valence-electron chi connectivity index (χ4n) is 2.24. The number of nitrogens with one attached hydrogen (secondary N) is 2. The van der Waals surface area contributed by atoms with Crippen molar-refractivity contribution < 1.29 is 4.92 Å². The Balaban J connectivity index is 1.82. The first-order valence-electron chi connectivity index (χ1n) is 6.24. The second-order valence-corrected chi connectivity index (χ2v) is 5.65. The smallest absolute Gasteiger partial charge is 0.271 e. The van der Waals surface area contributed by atoms with Crippen LogP contribution in [0.15, 0.2) is 18.2 Å². The molecule has 0 radical (unpaired) electrons. The maximum Gasteiger partial charge on any atom is 0.271 e. The van der Waals surface area contributed by atoms with Crippen molar-refractivity contribution in [3.05, 3.63) is 28.3 Å². The summed E-state index contributed by atoms with van der Waals surface area (Å²) in [5.74, 6) is 0. The van der Waals surface area contributed by atoms with Crippen LogP contribution in [0, 0.1) is 10.1 Å². The lowest BCUT2D eigenvalue weighted by molar-refractivity contribution is -0.384. The minimum atomic E-state index is -0.392. The Morgan fingerprint density at radius 3 is 3.16 bits per heavy atom. The number of thiazole rings is 1. The molecule has 0 amide bonds. The summed E-state index contributed by atoms with van der Waals surface area (Å²) in [4.78, 5) is 14.8. The predicted octanol–water partition coefficient (Wildman–Crippen LogP) is 2.37. The van der Waals surface area contributed by atoms with Crippen LogP contribution in [0.1, 0.15) is 12.8 Å². The van der Waals surface area contributed by atoms with Gasteiger partial charge in [-0.05, 0) is 25.5 Å². The predicted molar refractivity (Wildman–Crippen MR) is 75.8 cm³/mol. The number of rotatable bonds is 3. The molecule has 2 N–H and O–H groups in total. The summed E-state index contributed by atoms with van der Waals surface area (Å²) in [6.45, 7) is 2.01. The maximum atomic E-state index is 10.7. The Bertz CT molecular complexity index is 607. The van der Waals surface area contributed by atoms with Crippen LogP contribution in [0.25, 0.3) is 10.2 Å². The molecule has 2 heterocycles. The van der Waals surface area contributed by atoms with Gasteiger partial charge in [-0.3, -0.25) is 10.1 Å². The van der Waals surface area contributed by atoms with Crippen molar-refractivity contribution in [1.82, 2.24) is 10.3 Å². The zero-order chi connectivity index (χ0) is 13.2. The monoisotopic (exact) mass is 278 g/mol.